The predicted molar refractivity (Wildman–Crippen MR) is 58.2 cm³/mol. The van der Waals surface area contributed by atoms with Crippen molar-refractivity contribution in [2.75, 3.05) is 5.32 Å². The summed E-state index contributed by atoms with van der Waals surface area (Å²) in [7, 11) is 0. The number of nitriles is 1. The number of aryl methyl sites for hydroxylation is 1. The van der Waals surface area contributed by atoms with Crippen molar-refractivity contribution in [3.05, 3.63) is 16.9 Å². The van der Waals surface area contributed by atoms with Crippen LogP contribution < -0.4 is 5.32 Å². The fraction of sp³-hybridized carbons (Fsp3) is 0.455. The van der Waals surface area contributed by atoms with Crippen molar-refractivity contribution in [2.45, 2.75) is 33.2 Å². The molecule has 0 aliphatic carbocycles. The molecule has 0 aliphatic heterocycles. The number of rotatable bonds is 4. The van der Waals surface area contributed by atoms with E-state index in [0.717, 1.165) is 5.56 Å². The van der Waals surface area contributed by atoms with Gasteiger partial charge in [-0.25, -0.2) is 4.79 Å². The molecule has 0 fully saturated rings. The van der Waals surface area contributed by atoms with Crippen molar-refractivity contribution in [1.29, 1.82) is 5.26 Å². The second kappa shape index (κ2) is 4.71. The van der Waals surface area contributed by atoms with E-state index in [0.29, 0.717) is 17.7 Å². The van der Waals surface area contributed by atoms with Crippen LogP contribution in [0.15, 0.2) is 4.42 Å². The Hall–Kier alpha value is -1.96. The van der Waals surface area contributed by atoms with E-state index in [-0.39, 0.29) is 5.88 Å². The Morgan fingerprint density at radius 1 is 1.62 bits per heavy atom. The van der Waals surface area contributed by atoms with Crippen molar-refractivity contribution in [3.8, 4) is 6.07 Å². The maximum absolute atomic E-state index is 10.8. The summed E-state index contributed by atoms with van der Waals surface area (Å²) in [5.41, 5.74) is 1.11. The van der Waals surface area contributed by atoms with Gasteiger partial charge < -0.3 is 14.8 Å². The van der Waals surface area contributed by atoms with Gasteiger partial charge in [-0.15, -0.1) is 0 Å². The van der Waals surface area contributed by atoms with Crippen molar-refractivity contribution in [1.82, 2.24) is 0 Å². The average Bonchev–Trinajstić information content (AvgIpc) is 2.50. The van der Waals surface area contributed by atoms with E-state index < -0.39 is 12.0 Å². The van der Waals surface area contributed by atoms with E-state index in [2.05, 4.69) is 5.32 Å². The van der Waals surface area contributed by atoms with Crippen LogP contribution in [0.3, 0.4) is 0 Å². The largest absolute Gasteiger partial charge is 0.480 e. The minimum atomic E-state index is -0.960. The van der Waals surface area contributed by atoms with Crippen LogP contribution in [-0.2, 0) is 4.79 Å². The number of aliphatic carboxylic acids is 1. The zero-order valence-corrected chi connectivity index (χ0v) is 9.50. The topological polar surface area (TPSA) is 86.3 Å². The van der Waals surface area contributed by atoms with E-state index in [4.69, 9.17) is 14.8 Å². The number of furan rings is 1. The molecule has 0 saturated carbocycles. The maximum Gasteiger partial charge on any atom is 0.326 e. The van der Waals surface area contributed by atoms with Crippen LogP contribution in [0.4, 0.5) is 5.88 Å². The average molecular weight is 222 g/mol. The SMILES string of the molecule is CCC(Nc1oc(C)c(C)c1C#N)C(=O)O. The summed E-state index contributed by atoms with van der Waals surface area (Å²) in [5.74, 6) is -0.0934. The first-order valence-electron chi connectivity index (χ1n) is 5.00. The summed E-state index contributed by atoms with van der Waals surface area (Å²) in [4.78, 5) is 10.8. The third-order valence-electron chi connectivity index (χ3n) is 2.51. The molecule has 1 heterocycles. The number of anilines is 1. The third-order valence-corrected chi connectivity index (χ3v) is 2.51. The van der Waals surface area contributed by atoms with Crippen molar-refractivity contribution < 1.29 is 14.3 Å². The van der Waals surface area contributed by atoms with Crippen molar-refractivity contribution in [3.63, 3.8) is 0 Å². The maximum atomic E-state index is 10.8. The Kier molecular flexibility index (Phi) is 3.56. The third kappa shape index (κ3) is 2.16. The summed E-state index contributed by atoms with van der Waals surface area (Å²) < 4.78 is 5.32. The van der Waals surface area contributed by atoms with Gasteiger partial charge in [0.15, 0.2) is 0 Å². The molecule has 16 heavy (non-hydrogen) atoms. The number of carbonyl (C=O) groups is 1. The van der Waals surface area contributed by atoms with E-state index in [1.54, 1.807) is 20.8 Å². The molecule has 1 atom stereocenters. The van der Waals surface area contributed by atoms with Gasteiger partial charge in [0.25, 0.3) is 0 Å². The van der Waals surface area contributed by atoms with Crippen molar-refractivity contribution in [2.24, 2.45) is 0 Å². The predicted octanol–water partition coefficient (Wildman–Crippen LogP) is 2.04. The van der Waals surface area contributed by atoms with Crippen molar-refractivity contribution >= 4 is 11.9 Å². The van der Waals surface area contributed by atoms with Crippen LogP contribution in [0.5, 0.6) is 0 Å². The highest BCUT2D eigenvalue weighted by Crippen LogP contribution is 2.26. The minimum absolute atomic E-state index is 0.242. The zero-order valence-electron chi connectivity index (χ0n) is 9.50. The van der Waals surface area contributed by atoms with Crippen LogP contribution in [0.1, 0.15) is 30.2 Å². The second-order valence-corrected chi connectivity index (χ2v) is 3.54. The summed E-state index contributed by atoms with van der Waals surface area (Å²) >= 11 is 0. The summed E-state index contributed by atoms with van der Waals surface area (Å²) in [5, 5.41) is 20.5. The smallest absolute Gasteiger partial charge is 0.326 e. The molecule has 5 nitrogen and oxygen atoms in total. The second-order valence-electron chi connectivity index (χ2n) is 3.54. The first kappa shape index (κ1) is 12.1. The van der Waals surface area contributed by atoms with Crippen LogP contribution in [0, 0.1) is 25.2 Å². The molecule has 0 bridgehead atoms. The van der Waals surface area contributed by atoms with Crippen LogP contribution in [-0.4, -0.2) is 17.1 Å². The van der Waals surface area contributed by atoms with E-state index in [1.807, 2.05) is 6.07 Å². The Morgan fingerprint density at radius 2 is 2.25 bits per heavy atom. The fourth-order valence-electron chi connectivity index (χ4n) is 1.36. The molecule has 1 rings (SSSR count). The van der Waals surface area contributed by atoms with E-state index in [9.17, 15) is 4.79 Å². The van der Waals surface area contributed by atoms with Gasteiger partial charge in [0.05, 0.1) is 0 Å². The molecule has 1 unspecified atom stereocenters. The number of nitrogens with zero attached hydrogens (tertiary/aromatic N) is 1. The van der Waals surface area contributed by atoms with Gasteiger partial charge in [-0.1, -0.05) is 6.92 Å². The fourth-order valence-corrected chi connectivity index (χ4v) is 1.36. The molecule has 0 radical (unpaired) electrons. The minimum Gasteiger partial charge on any atom is -0.480 e. The monoisotopic (exact) mass is 222 g/mol. The lowest BCUT2D eigenvalue weighted by molar-refractivity contribution is -0.138. The van der Waals surface area contributed by atoms with Gasteiger partial charge in [0.2, 0.25) is 5.88 Å². The molecule has 2 N–H and O–H groups in total. The Morgan fingerprint density at radius 3 is 2.69 bits per heavy atom. The lowest BCUT2D eigenvalue weighted by Crippen LogP contribution is -2.28. The van der Waals surface area contributed by atoms with Gasteiger partial charge in [0.1, 0.15) is 23.4 Å². The van der Waals surface area contributed by atoms with E-state index in [1.165, 1.54) is 0 Å². The molecule has 0 aromatic carbocycles. The molecule has 0 spiro atoms. The standard InChI is InChI=1S/C11H14N2O3/c1-4-9(11(14)15)13-10-8(5-12)6(2)7(3)16-10/h9,13H,4H2,1-3H3,(H,14,15). The Labute approximate surface area is 93.7 Å². The molecular formula is C11H14N2O3. The molecule has 0 amide bonds. The van der Waals surface area contributed by atoms with Crippen LogP contribution in [0.2, 0.25) is 0 Å². The molecule has 0 saturated heterocycles. The number of carboxylic acids is 1. The Bertz CT molecular complexity index is 443. The first-order valence-corrected chi connectivity index (χ1v) is 5.00. The molecule has 0 aliphatic rings. The highest BCUT2D eigenvalue weighted by atomic mass is 16.4. The summed E-state index contributed by atoms with van der Waals surface area (Å²) in [6.45, 7) is 5.26. The summed E-state index contributed by atoms with van der Waals surface area (Å²) in [6.07, 6.45) is 0.416. The normalized spacial score (nSPS) is 11.9. The lowest BCUT2D eigenvalue weighted by Gasteiger charge is -2.11. The summed E-state index contributed by atoms with van der Waals surface area (Å²) in [6, 6.07) is 1.27. The number of carboxylic acid groups (broad SMARTS) is 1. The highest BCUT2D eigenvalue weighted by molar-refractivity contribution is 5.77. The number of nitrogens with one attached hydrogen (secondary N) is 1. The van der Waals surface area contributed by atoms with Gasteiger partial charge in [-0.05, 0) is 20.3 Å². The molecular weight excluding hydrogens is 208 g/mol. The van der Waals surface area contributed by atoms with E-state index >= 15 is 0 Å². The quantitative estimate of drug-likeness (QED) is 0.814. The zero-order chi connectivity index (χ0) is 12.3. The van der Waals surface area contributed by atoms with Gasteiger partial charge in [-0.3, -0.25) is 0 Å². The van der Waals surface area contributed by atoms with Gasteiger partial charge in [-0.2, -0.15) is 5.26 Å². The molecule has 5 heteroatoms. The highest BCUT2D eigenvalue weighted by Gasteiger charge is 2.20. The molecule has 1 aromatic rings. The first-order chi connectivity index (χ1) is 7.51. The molecule has 86 valence electrons. The number of hydrogen-bond acceptors (Lipinski definition) is 4. The van der Waals surface area contributed by atoms with Crippen LogP contribution in [0.25, 0.3) is 0 Å². The van der Waals surface area contributed by atoms with Gasteiger partial charge >= 0.3 is 5.97 Å². The van der Waals surface area contributed by atoms with Crippen LogP contribution >= 0.6 is 0 Å². The number of hydrogen-bond donors (Lipinski definition) is 2. The lowest BCUT2D eigenvalue weighted by atomic mass is 10.1. The molecule has 1 aromatic heterocycles. The van der Waals surface area contributed by atoms with Gasteiger partial charge in [0, 0.05) is 5.56 Å². The Balaban J connectivity index is 3.02.